The van der Waals surface area contributed by atoms with E-state index in [9.17, 15) is 4.79 Å². The van der Waals surface area contributed by atoms with E-state index in [1.54, 1.807) is 6.07 Å². The predicted molar refractivity (Wildman–Crippen MR) is 58.4 cm³/mol. The monoisotopic (exact) mass is 224 g/mol. The molecular formula is C11H16N2O3. The molecule has 0 aromatic carbocycles. The van der Waals surface area contributed by atoms with Crippen molar-refractivity contribution in [3.8, 4) is 0 Å². The molecule has 0 saturated carbocycles. The Morgan fingerprint density at radius 2 is 2.56 bits per heavy atom. The SMILES string of the molecule is Cc1ccoc1C(=O)NCC1COCCN1. The molecular weight excluding hydrogens is 208 g/mol. The molecule has 1 aliphatic rings. The summed E-state index contributed by atoms with van der Waals surface area (Å²) >= 11 is 0. The number of aryl methyl sites for hydroxylation is 1. The van der Waals surface area contributed by atoms with Gasteiger partial charge in [-0.2, -0.15) is 0 Å². The van der Waals surface area contributed by atoms with Crippen molar-refractivity contribution in [2.24, 2.45) is 0 Å². The highest BCUT2D eigenvalue weighted by atomic mass is 16.5. The molecule has 2 N–H and O–H groups in total. The summed E-state index contributed by atoms with van der Waals surface area (Å²) in [6.07, 6.45) is 1.52. The van der Waals surface area contributed by atoms with Crippen LogP contribution < -0.4 is 10.6 Å². The first-order chi connectivity index (χ1) is 7.77. The molecule has 5 heteroatoms. The van der Waals surface area contributed by atoms with E-state index in [1.807, 2.05) is 6.92 Å². The maximum absolute atomic E-state index is 11.7. The second kappa shape index (κ2) is 5.14. The maximum Gasteiger partial charge on any atom is 0.287 e. The number of rotatable bonds is 3. The first kappa shape index (κ1) is 11.2. The maximum atomic E-state index is 11.7. The van der Waals surface area contributed by atoms with E-state index in [2.05, 4.69) is 10.6 Å². The number of carbonyl (C=O) groups is 1. The Labute approximate surface area is 94.1 Å². The van der Waals surface area contributed by atoms with Gasteiger partial charge in [0.05, 0.1) is 19.5 Å². The van der Waals surface area contributed by atoms with Crippen molar-refractivity contribution in [2.45, 2.75) is 13.0 Å². The van der Waals surface area contributed by atoms with E-state index in [0.29, 0.717) is 18.9 Å². The van der Waals surface area contributed by atoms with Crippen molar-refractivity contribution in [3.05, 3.63) is 23.7 Å². The number of furan rings is 1. The summed E-state index contributed by atoms with van der Waals surface area (Å²) < 4.78 is 10.4. The van der Waals surface area contributed by atoms with E-state index >= 15 is 0 Å². The van der Waals surface area contributed by atoms with Crippen LogP contribution in [0.25, 0.3) is 0 Å². The van der Waals surface area contributed by atoms with Crippen LogP contribution in [0.4, 0.5) is 0 Å². The lowest BCUT2D eigenvalue weighted by molar-refractivity contribution is 0.0727. The topological polar surface area (TPSA) is 63.5 Å². The van der Waals surface area contributed by atoms with Crippen molar-refractivity contribution in [2.75, 3.05) is 26.3 Å². The second-order valence-electron chi connectivity index (χ2n) is 3.87. The quantitative estimate of drug-likeness (QED) is 0.775. The molecule has 1 atom stereocenters. The lowest BCUT2D eigenvalue weighted by Gasteiger charge is -2.23. The van der Waals surface area contributed by atoms with Crippen LogP contribution in [-0.2, 0) is 4.74 Å². The smallest absolute Gasteiger partial charge is 0.287 e. The zero-order chi connectivity index (χ0) is 11.4. The van der Waals surface area contributed by atoms with Gasteiger partial charge in [0.1, 0.15) is 0 Å². The molecule has 1 amide bonds. The Hall–Kier alpha value is -1.33. The number of hydrogen-bond donors (Lipinski definition) is 2. The Bertz CT molecular complexity index is 356. The fourth-order valence-electron chi connectivity index (χ4n) is 1.65. The Morgan fingerprint density at radius 1 is 1.69 bits per heavy atom. The van der Waals surface area contributed by atoms with E-state index < -0.39 is 0 Å². The zero-order valence-electron chi connectivity index (χ0n) is 9.29. The minimum atomic E-state index is -0.171. The van der Waals surface area contributed by atoms with Crippen molar-refractivity contribution < 1.29 is 13.9 Å². The van der Waals surface area contributed by atoms with Gasteiger partial charge in [0, 0.05) is 24.7 Å². The van der Waals surface area contributed by atoms with Crippen LogP contribution in [0, 0.1) is 6.92 Å². The summed E-state index contributed by atoms with van der Waals surface area (Å²) in [7, 11) is 0. The lowest BCUT2D eigenvalue weighted by Crippen LogP contribution is -2.48. The summed E-state index contributed by atoms with van der Waals surface area (Å²) in [5.74, 6) is 0.214. The molecule has 1 aliphatic heterocycles. The molecule has 1 saturated heterocycles. The van der Waals surface area contributed by atoms with Gasteiger partial charge >= 0.3 is 0 Å². The van der Waals surface area contributed by atoms with Gasteiger partial charge in [-0.15, -0.1) is 0 Å². The van der Waals surface area contributed by atoms with Crippen molar-refractivity contribution >= 4 is 5.91 Å². The molecule has 0 radical (unpaired) electrons. The van der Waals surface area contributed by atoms with Crippen LogP contribution in [-0.4, -0.2) is 38.3 Å². The number of ether oxygens (including phenoxy) is 1. The molecule has 0 bridgehead atoms. The standard InChI is InChI=1S/C11H16N2O3/c1-8-2-4-16-10(8)11(14)13-6-9-7-15-5-3-12-9/h2,4,9,12H,3,5-7H2,1H3,(H,13,14). The fraction of sp³-hybridized carbons (Fsp3) is 0.545. The summed E-state index contributed by atoms with van der Waals surface area (Å²) in [6, 6.07) is 1.96. The van der Waals surface area contributed by atoms with Crippen molar-refractivity contribution in [1.82, 2.24) is 10.6 Å². The molecule has 2 rings (SSSR count). The predicted octanol–water partition coefficient (Wildman–Crippen LogP) is 0.306. The molecule has 0 aliphatic carbocycles. The summed E-state index contributed by atoms with van der Waals surface area (Å²) in [6.45, 7) is 4.61. The minimum absolute atomic E-state index is 0.171. The molecule has 1 unspecified atom stereocenters. The average Bonchev–Trinajstić information content (AvgIpc) is 2.74. The molecule has 0 spiro atoms. The van der Waals surface area contributed by atoms with Gasteiger partial charge < -0.3 is 19.8 Å². The number of hydrogen-bond acceptors (Lipinski definition) is 4. The highest BCUT2D eigenvalue weighted by Crippen LogP contribution is 2.08. The van der Waals surface area contributed by atoms with Crippen LogP contribution in [0.2, 0.25) is 0 Å². The molecule has 1 aromatic rings. The Morgan fingerprint density at radius 3 is 3.19 bits per heavy atom. The summed E-state index contributed by atoms with van der Waals surface area (Å²) in [4.78, 5) is 11.7. The lowest BCUT2D eigenvalue weighted by atomic mass is 10.2. The van der Waals surface area contributed by atoms with Crippen molar-refractivity contribution in [3.63, 3.8) is 0 Å². The first-order valence-corrected chi connectivity index (χ1v) is 5.41. The third-order valence-corrected chi connectivity index (χ3v) is 2.58. The van der Waals surface area contributed by atoms with E-state index in [0.717, 1.165) is 18.7 Å². The van der Waals surface area contributed by atoms with E-state index in [4.69, 9.17) is 9.15 Å². The first-order valence-electron chi connectivity index (χ1n) is 5.41. The zero-order valence-corrected chi connectivity index (χ0v) is 9.29. The largest absolute Gasteiger partial charge is 0.459 e. The molecule has 5 nitrogen and oxygen atoms in total. The Kier molecular flexibility index (Phi) is 3.58. The number of amides is 1. The van der Waals surface area contributed by atoms with Crippen LogP contribution >= 0.6 is 0 Å². The molecule has 2 heterocycles. The molecule has 1 aromatic heterocycles. The minimum Gasteiger partial charge on any atom is -0.459 e. The van der Waals surface area contributed by atoms with Gasteiger partial charge in [0.15, 0.2) is 5.76 Å². The van der Waals surface area contributed by atoms with Gasteiger partial charge in [-0.1, -0.05) is 0 Å². The van der Waals surface area contributed by atoms with E-state index in [1.165, 1.54) is 6.26 Å². The van der Waals surface area contributed by atoms with E-state index in [-0.39, 0.29) is 11.9 Å². The third kappa shape index (κ3) is 2.62. The van der Waals surface area contributed by atoms with Crippen LogP contribution in [0.5, 0.6) is 0 Å². The van der Waals surface area contributed by atoms with Crippen LogP contribution in [0.3, 0.4) is 0 Å². The fourth-order valence-corrected chi connectivity index (χ4v) is 1.65. The van der Waals surface area contributed by atoms with Crippen LogP contribution in [0.1, 0.15) is 16.1 Å². The normalized spacial score (nSPS) is 20.7. The van der Waals surface area contributed by atoms with Gasteiger partial charge in [0.2, 0.25) is 0 Å². The van der Waals surface area contributed by atoms with Gasteiger partial charge in [-0.25, -0.2) is 0 Å². The highest BCUT2D eigenvalue weighted by molar-refractivity contribution is 5.92. The van der Waals surface area contributed by atoms with Crippen LogP contribution in [0.15, 0.2) is 16.7 Å². The van der Waals surface area contributed by atoms with Gasteiger partial charge in [-0.3, -0.25) is 4.79 Å². The molecule has 88 valence electrons. The molecule has 16 heavy (non-hydrogen) atoms. The average molecular weight is 224 g/mol. The van der Waals surface area contributed by atoms with Gasteiger partial charge in [0.25, 0.3) is 5.91 Å². The number of morpholine rings is 1. The molecule has 1 fully saturated rings. The second-order valence-corrected chi connectivity index (χ2v) is 3.87. The third-order valence-electron chi connectivity index (χ3n) is 2.58. The number of carbonyl (C=O) groups excluding carboxylic acids is 1. The summed E-state index contributed by atoms with van der Waals surface area (Å²) in [5, 5.41) is 6.08. The summed E-state index contributed by atoms with van der Waals surface area (Å²) in [5.41, 5.74) is 0.852. The highest BCUT2D eigenvalue weighted by Gasteiger charge is 2.16. The Balaban J connectivity index is 1.81. The van der Waals surface area contributed by atoms with Gasteiger partial charge in [-0.05, 0) is 13.0 Å². The number of nitrogens with one attached hydrogen (secondary N) is 2. The van der Waals surface area contributed by atoms with Crippen molar-refractivity contribution in [1.29, 1.82) is 0 Å².